The lowest BCUT2D eigenvalue weighted by molar-refractivity contribution is -0.385. The molecule has 25 heavy (non-hydrogen) atoms. The molecule has 1 aliphatic heterocycles. The number of nitrogens with zero attached hydrogens (tertiary/aromatic N) is 4. The van der Waals surface area contributed by atoms with E-state index in [4.69, 9.17) is 9.47 Å². The van der Waals surface area contributed by atoms with Crippen molar-refractivity contribution in [1.82, 2.24) is 14.5 Å². The first-order valence-electron chi connectivity index (χ1n) is 7.44. The summed E-state index contributed by atoms with van der Waals surface area (Å²) in [5, 5.41) is 11.6. The standard InChI is InChI=1S/C16H12N4O5/c21-16-13-2-1-3-17-15(13)18-8-19(16)6-10-4-12(20(22)23)5-11-7-24-9-25-14(10)11/h1-5,8H,6-7,9H2. The summed E-state index contributed by atoms with van der Waals surface area (Å²) in [5.74, 6) is 0.509. The molecule has 0 saturated heterocycles. The molecule has 1 aliphatic rings. The van der Waals surface area contributed by atoms with E-state index in [9.17, 15) is 14.9 Å². The quantitative estimate of drug-likeness (QED) is 0.526. The van der Waals surface area contributed by atoms with Crippen molar-refractivity contribution in [2.45, 2.75) is 13.2 Å². The average molecular weight is 340 g/mol. The molecule has 9 nitrogen and oxygen atoms in total. The first kappa shape index (κ1) is 15.2. The third kappa shape index (κ3) is 2.70. The Morgan fingerprint density at radius 1 is 1.32 bits per heavy atom. The number of aromatic nitrogens is 3. The highest BCUT2D eigenvalue weighted by Crippen LogP contribution is 2.32. The lowest BCUT2D eigenvalue weighted by atomic mass is 10.1. The fourth-order valence-electron chi connectivity index (χ4n) is 2.80. The van der Waals surface area contributed by atoms with Crippen molar-refractivity contribution in [3.05, 3.63) is 68.4 Å². The van der Waals surface area contributed by atoms with Gasteiger partial charge in [0, 0.05) is 29.5 Å². The Morgan fingerprint density at radius 3 is 3.04 bits per heavy atom. The molecule has 0 aliphatic carbocycles. The maximum absolute atomic E-state index is 12.6. The van der Waals surface area contributed by atoms with E-state index in [1.54, 1.807) is 18.3 Å². The van der Waals surface area contributed by atoms with Gasteiger partial charge in [0.25, 0.3) is 11.2 Å². The van der Waals surface area contributed by atoms with Crippen LogP contribution in [-0.2, 0) is 17.9 Å². The highest BCUT2D eigenvalue weighted by molar-refractivity contribution is 5.72. The van der Waals surface area contributed by atoms with Crippen molar-refractivity contribution in [3.8, 4) is 5.75 Å². The van der Waals surface area contributed by atoms with E-state index in [2.05, 4.69) is 9.97 Å². The van der Waals surface area contributed by atoms with Crippen LogP contribution >= 0.6 is 0 Å². The second kappa shape index (κ2) is 5.95. The Hall–Kier alpha value is -3.33. The number of rotatable bonds is 3. The summed E-state index contributed by atoms with van der Waals surface area (Å²) in [4.78, 5) is 31.5. The molecule has 3 heterocycles. The van der Waals surface area contributed by atoms with Gasteiger partial charge < -0.3 is 9.47 Å². The number of benzene rings is 1. The van der Waals surface area contributed by atoms with Crippen LogP contribution in [0.15, 0.2) is 41.6 Å². The van der Waals surface area contributed by atoms with Gasteiger partial charge in [-0.15, -0.1) is 0 Å². The van der Waals surface area contributed by atoms with Crippen LogP contribution in [0.25, 0.3) is 11.0 Å². The molecule has 1 aromatic carbocycles. The van der Waals surface area contributed by atoms with Crippen LogP contribution in [-0.4, -0.2) is 26.3 Å². The number of non-ortho nitro benzene ring substituents is 1. The van der Waals surface area contributed by atoms with Crippen LogP contribution in [0.5, 0.6) is 5.75 Å². The average Bonchev–Trinajstić information content (AvgIpc) is 2.64. The number of hydrogen-bond acceptors (Lipinski definition) is 7. The van der Waals surface area contributed by atoms with Crippen molar-refractivity contribution in [3.63, 3.8) is 0 Å². The van der Waals surface area contributed by atoms with Crippen LogP contribution in [0.4, 0.5) is 5.69 Å². The van der Waals surface area contributed by atoms with Gasteiger partial charge in [0.05, 0.1) is 23.5 Å². The monoisotopic (exact) mass is 340 g/mol. The molecule has 0 unspecified atom stereocenters. The van der Waals surface area contributed by atoms with Crippen LogP contribution < -0.4 is 10.3 Å². The third-order valence-electron chi connectivity index (χ3n) is 3.92. The van der Waals surface area contributed by atoms with E-state index in [0.29, 0.717) is 27.9 Å². The summed E-state index contributed by atoms with van der Waals surface area (Å²) in [6.07, 6.45) is 2.94. The molecule has 3 aromatic rings. The van der Waals surface area contributed by atoms with Gasteiger partial charge in [0.2, 0.25) is 0 Å². The van der Waals surface area contributed by atoms with Gasteiger partial charge in [-0.05, 0) is 12.1 Å². The molecule has 0 radical (unpaired) electrons. The highest BCUT2D eigenvalue weighted by atomic mass is 16.7. The SMILES string of the molecule is O=c1c2cccnc2ncn1Cc1cc([N+](=O)[O-])cc2c1OCOC2. The molecule has 9 heteroatoms. The van der Waals surface area contributed by atoms with Crippen LogP contribution in [0.1, 0.15) is 11.1 Å². The lowest BCUT2D eigenvalue weighted by Gasteiger charge is -2.20. The Morgan fingerprint density at radius 2 is 2.20 bits per heavy atom. The zero-order valence-corrected chi connectivity index (χ0v) is 12.9. The van der Waals surface area contributed by atoms with E-state index in [1.807, 2.05) is 0 Å². The van der Waals surface area contributed by atoms with Gasteiger partial charge in [0.15, 0.2) is 12.4 Å². The van der Waals surface area contributed by atoms with Crippen LogP contribution in [0.2, 0.25) is 0 Å². The molecule has 0 saturated carbocycles. The second-order valence-corrected chi connectivity index (χ2v) is 5.51. The van der Waals surface area contributed by atoms with Crippen molar-refractivity contribution in [2.24, 2.45) is 0 Å². The molecule has 0 fully saturated rings. The molecule has 0 atom stereocenters. The van der Waals surface area contributed by atoms with E-state index in [-0.39, 0.29) is 31.2 Å². The Bertz CT molecular complexity index is 1050. The Balaban J connectivity index is 1.83. The van der Waals surface area contributed by atoms with Crippen LogP contribution in [0.3, 0.4) is 0 Å². The number of pyridine rings is 1. The predicted molar refractivity (Wildman–Crippen MR) is 86.3 cm³/mol. The molecule has 0 spiro atoms. The Kier molecular flexibility index (Phi) is 3.62. The fourth-order valence-corrected chi connectivity index (χ4v) is 2.80. The van der Waals surface area contributed by atoms with Gasteiger partial charge >= 0.3 is 0 Å². The maximum atomic E-state index is 12.6. The second-order valence-electron chi connectivity index (χ2n) is 5.51. The zero-order chi connectivity index (χ0) is 17.4. The molecular formula is C16H12N4O5. The lowest BCUT2D eigenvalue weighted by Crippen LogP contribution is -2.23. The topological polar surface area (TPSA) is 109 Å². The van der Waals surface area contributed by atoms with Crippen LogP contribution in [0, 0.1) is 10.1 Å². The molecule has 0 bridgehead atoms. The molecule has 126 valence electrons. The van der Waals surface area contributed by atoms with Gasteiger partial charge in [-0.3, -0.25) is 19.5 Å². The minimum atomic E-state index is -0.482. The van der Waals surface area contributed by atoms with Crippen molar-refractivity contribution >= 4 is 16.7 Å². The molecular weight excluding hydrogens is 328 g/mol. The Labute approximate surface area is 140 Å². The van der Waals surface area contributed by atoms with Gasteiger partial charge in [-0.25, -0.2) is 9.97 Å². The predicted octanol–water partition coefficient (Wildman–Crippen LogP) is 1.61. The fraction of sp³-hybridized carbons (Fsp3) is 0.188. The maximum Gasteiger partial charge on any atom is 0.270 e. The summed E-state index contributed by atoms with van der Waals surface area (Å²) in [6, 6.07) is 6.13. The van der Waals surface area contributed by atoms with Crippen molar-refractivity contribution < 1.29 is 14.4 Å². The summed E-state index contributed by atoms with van der Waals surface area (Å²) >= 11 is 0. The van der Waals surface area contributed by atoms with E-state index >= 15 is 0 Å². The first-order valence-corrected chi connectivity index (χ1v) is 7.44. The number of nitro benzene ring substituents is 1. The first-order chi connectivity index (χ1) is 12.1. The van der Waals surface area contributed by atoms with Gasteiger partial charge in [-0.2, -0.15) is 0 Å². The summed E-state index contributed by atoms with van der Waals surface area (Å²) in [7, 11) is 0. The summed E-state index contributed by atoms with van der Waals surface area (Å²) in [5.41, 5.74) is 1.12. The zero-order valence-electron chi connectivity index (χ0n) is 12.9. The van der Waals surface area contributed by atoms with E-state index < -0.39 is 4.92 Å². The van der Waals surface area contributed by atoms with E-state index in [0.717, 1.165) is 0 Å². The molecule has 0 N–H and O–H groups in total. The normalized spacial score (nSPS) is 13.3. The summed E-state index contributed by atoms with van der Waals surface area (Å²) < 4.78 is 12.1. The van der Waals surface area contributed by atoms with E-state index in [1.165, 1.54) is 23.0 Å². The van der Waals surface area contributed by atoms with Crippen molar-refractivity contribution in [1.29, 1.82) is 0 Å². The third-order valence-corrected chi connectivity index (χ3v) is 3.92. The number of hydrogen-bond donors (Lipinski definition) is 0. The van der Waals surface area contributed by atoms with Gasteiger partial charge in [-0.1, -0.05) is 0 Å². The summed E-state index contributed by atoms with van der Waals surface area (Å²) in [6.45, 7) is 0.381. The minimum absolute atomic E-state index is 0.0621. The number of fused-ring (bicyclic) bond motifs is 2. The smallest absolute Gasteiger partial charge is 0.270 e. The van der Waals surface area contributed by atoms with Gasteiger partial charge in [0.1, 0.15) is 12.1 Å². The molecule has 2 aromatic heterocycles. The van der Waals surface area contributed by atoms with Crippen molar-refractivity contribution in [2.75, 3.05) is 6.79 Å². The molecule has 0 amide bonds. The number of nitro groups is 1. The number of ether oxygens (including phenoxy) is 2. The minimum Gasteiger partial charge on any atom is -0.467 e. The molecule has 4 rings (SSSR count). The highest BCUT2D eigenvalue weighted by Gasteiger charge is 2.21. The largest absolute Gasteiger partial charge is 0.467 e.